The highest BCUT2D eigenvalue weighted by atomic mass is 16.2. The Balaban J connectivity index is 1.70. The fraction of sp³-hybridized carbons (Fsp3) is 0.409. The lowest BCUT2D eigenvalue weighted by molar-refractivity contribution is -0.135. The summed E-state index contributed by atoms with van der Waals surface area (Å²) in [6, 6.07) is 21.5. The molecule has 1 amide bonds. The minimum absolute atomic E-state index is 0.0161. The summed E-state index contributed by atoms with van der Waals surface area (Å²) in [6.45, 7) is 2.61. The minimum Gasteiger partial charge on any atom is -0.340 e. The van der Waals surface area contributed by atoms with Gasteiger partial charge in [-0.05, 0) is 43.4 Å². The number of carbonyl (C=O) groups excluding carboxylic acids is 1. The summed E-state index contributed by atoms with van der Waals surface area (Å²) >= 11 is 0. The molecule has 4 rings (SSSR count). The SMILES string of the molecule is O=C([C@H]1CCCN1)N1CCCC(c2ccccc2)(c2ccccc2)C1. The van der Waals surface area contributed by atoms with E-state index in [0.717, 1.165) is 45.3 Å². The molecule has 2 saturated heterocycles. The summed E-state index contributed by atoms with van der Waals surface area (Å²) < 4.78 is 0. The van der Waals surface area contributed by atoms with Crippen LogP contribution in [0.5, 0.6) is 0 Å². The van der Waals surface area contributed by atoms with Crippen molar-refractivity contribution in [2.75, 3.05) is 19.6 Å². The molecule has 0 saturated carbocycles. The van der Waals surface area contributed by atoms with Gasteiger partial charge < -0.3 is 10.2 Å². The molecule has 130 valence electrons. The van der Waals surface area contributed by atoms with E-state index >= 15 is 0 Å². The largest absolute Gasteiger partial charge is 0.340 e. The lowest BCUT2D eigenvalue weighted by atomic mass is 9.69. The van der Waals surface area contributed by atoms with E-state index in [9.17, 15) is 4.79 Å². The smallest absolute Gasteiger partial charge is 0.239 e. The third-order valence-electron chi connectivity index (χ3n) is 5.82. The zero-order valence-corrected chi connectivity index (χ0v) is 14.7. The predicted octanol–water partition coefficient (Wildman–Crippen LogP) is 3.35. The molecule has 0 bridgehead atoms. The zero-order valence-electron chi connectivity index (χ0n) is 14.7. The average Bonchev–Trinajstić information content (AvgIpc) is 3.23. The molecule has 2 fully saturated rings. The van der Waals surface area contributed by atoms with Crippen molar-refractivity contribution in [3.63, 3.8) is 0 Å². The molecule has 3 heteroatoms. The van der Waals surface area contributed by atoms with E-state index < -0.39 is 0 Å². The molecule has 1 atom stereocenters. The highest BCUT2D eigenvalue weighted by Gasteiger charge is 2.41. The van der Waals surface area contributed by atoms with Gasteiger partial charge in [-0.1, -0.05) is 60.7 Å². The maximum absolute atomic E-state index is 13.0. The Morgan fingerprint density at radius 3 is 2.16 bits per heavy atom. The first kappa shape index (κ1) is 16.3. The van der Waals surface area contributed by atoms with Crippen LogP contribution in [-0.2, 0) is 10.2 Å². The van der Waals surface area contributed by atoms with Gasteiger partial charge in [0.15, 0.2) is 0 Å². The molecule has 1 N–H and O–H groups in total. The lowest BCUT2D eigenvalue weighted by Gasteiger charge is -2.44. The number of nitrogens with zero attached hydrogens (tertiary/aromatic N) is 1. The van der Waals surface area contributed by atoms with Crippen molar-refractivity contribution < 1.29 is 4.79 Å². The van der Waals surface area contributed by atoms with E-state index in [-0.39, 0.29) is 17.4 Å². The first-order valence-electron chi connectivity index (χ1n) is 9.43. The summed E-state index contributed by atoms with van der Waals surface area (Å²) in [5.74, 6) is 0.286. The normalized spacial score (nSPS) is 22.7. The van der Waals surface area contributed by atoms with Crippen LogP contribution in [0.15, 0.2) is 60.7 Å². The predicted molar refractivity (Wildman–Crippen MR) is 101 cm³/mol. The van der Waals surface area contributed by atoms with E-state index in [2.05, 4.69) is 70.9 Å². The first-order valence-corrected chi connectivity index (χ1v) is 9.43. The van der Waals surface area contributed by atoms with Crippen molar-refractivity contribution >= 4 is 5.91 Å². The molecule has 2 aliphatic rings. The lowest BCUT2D eigenvalue weighted by Crippen LogP contribution is -2.53. The Morgan fingerprint density at radius 1 is 0.960 bits per heavy atom. The van der Waals surface area contributed by atoms with Gasteiger partial charge >= 0.3 is 0 Å². The molecule has 2 aliphatic heterocycles. The van der Waals surface area contributed by atoms with Crippen LogP contribution in [0.2, 0.25) is 0 Å². The number of hydrogen-bond donors (Lipinski definition) is 1. The molecule has 0 unspecified atom stereocenters. The van der Waals surface area contributed by atoms with Crippen molar-refractivity contribution in [2.24, 2.45) is 0 Å². The summed E-state index contributed by atoms with van der Waals surface area (Å²) in [5, 5.41) is 3.37. The summed E-state index contributed by atoms with van der Waals surface area (Å²) in [5.41, 5.74) is 2.53. The zero-order chi connectivity index (χ0) is 17.1. The number of hydrogen-bond acceptors (Lipinski definition) is 2. The van der Waals surface area contributed by atoms with E-state index in [1.807, 2.05) is 0 Å². The highest BCUT2D eigenvalue weighted by Crippen LogP contribution is 2.40. The molecule has 0 aromatic heterocycles. The Labute approximate surface area is 150 Å². The van der Waals surface area contributed by atoms with Gasteiger partial charge in [0.25, 0.3) is 0 Å². The van der Waals surface area contributed by atoms with Gasteiger partial charge in [0.2, 0.25) is 5.91 Å². The van der Waals surface area contributed by atoms with Gasteiger partial charge in [0, 0.05) is 18.5 Å². The number of amides is 1. The monoisotopic (exact) mass is 334 g/mol. The quantitative estimate of drug-likeness (QED) is 0.934. The second-order valence-corrected chi connectivity index (χ2v) is 7.33. The molecule has 2 heterocycles. The standard InChI is InChI=1S/C22H26N2O/c25-21(20-13-7-15-23-20)24-16-8-14-22(17-24,18-9-3-1-4-10-18)19-11-5-2-6-12-19/h1-6,9-12,20,23H,7-8,13-17H2/t20-/m1/s1. The Kier molecular flexibility index (Phi) is 4.58. The van der Waals surface area contributed by atoms with Crippen molar-refractivity contribution in [1.29, 1.82) is 0 Å². The van der Waals surface area contributed by atoms with Gasteiger partial charge in [-0.25, -0.2) is 0 Å². The van der Waals surface area contributed by atoms with Gasteiger partial charge in [0.1, 0.15) is 0 Å². The molecule has 3 nitrogen and oxygen atoms in total. The first-order chi connectivity index (χ1) is 12.3. The maximum Gasteiger partial charge on any atom is 0.239 e. The molecule has 0 spiro atoms. The van der Waals surface area contributed by atoms with E-state index in [1.54, 1.807) is 0 Å². The number of carbonyl (C=O) groups is 1. The topological polar surface area (TPSA) is 32.3 Å². The third kappa shape index (κ3) is 3.09. The number of piperidine rings is 1. The molecule has 25 heavy (non-hydrogen) atoms. The van der Waals surface area contributed by atoms with Crippen LogP contribution < -0.4 is 5.32 Å². The summed E-state index contributed by atoms with van der Waals surface area (Å²) in [6.07, 6.45) is 4.21. The van der Waals surface area contributed by atoms with E-state index in [4.69, 9.17) is 0 Å². The fourth-order valence-electron chi connectivity index (χ4n) is 4.51. The Morgan fingerprint density at radius 2 is 1.60 bits per heavy atom. The summed E-state index contributed by atoms with van der Waals surface area (Å²) in [4.78, 5) is 15.1. The molecule has 0 radical (unpaired) electrons. The number of nitrogens with one attached hydrogen (secondary N) is 1. The van der Waals surface area contributed by atoms with Crippen LogP contribution in [0.25, 0.3) is 0 Å². The van der Waals surface area contributed by atoms with Crippen molar-refractivity contribution in [3.8, 4) is 0 Å². The van der Waals surface area contributed by atoms with E-state index in [0.29, 0.717) is 0 Å². The van der Waals surface area contributed by atoms with Gasteiger partial charge in [-0.15, -0.1) is 0 Å². The Bertz CT molecular complexity index is 668. The fourth-order valence-corrected chi connectivity index (χ4v) is 4.51. The minimum atomic E-state index is -0.102. The van der Waals surface area contributed by atoms with Gasteiger partial charge in [-0.2, -0.15) is 0 Å². The van der Waals surface area contributed by atoms with Crippen LogP contribution in [0.4, 0.5) is 0 Å². The number of likely N-dealkylation sites (tertiary alicyclic amines) is 1. The van der Waals surface area contributed by atoms with Crippen molar-refractivity contribution in [3.05, 3.63) is 71.8 Å². The van der Waals surface area contributed by atoms with Gasteiger partial charge in [-0.3, -0.25) is 4.79 Å². The van der Waals surface area contributed by atoms with E-state index in [1.165, 1.54) is 11.1 Å². The second kappa shape index (κ2) is 7.01. The number of benzene rings is 2. The highest BCUT2D eigenvalue weighted by molar-refractivity contribution is 5.82. The van der Waals surface area contributed by atoms with Crippen LogP contribution in [0.1, 0.15) is 36.8 Å². The van der Waals surface area contributed by atoms with Crippen LogP contribution in [-0.4, -0.2) is 36.5 Å². The van der Waals surface area contributed by atoms with Gasteiger partial charge in [0.05, 0.1) is 6.04 Å². The molecule has 0 aliphatic carbocycles. The average molecular weight is 334 g/mol. The van der Waals surface area contributed by atoms with Crippen LogP contribution in [0.3, 0.4) is 0 Å². The summed E-state index contributed by atoms with van der Waals surface area (Å²) in [7, 11) is 0. The number of rotatable bonds is 3. The van der Waals surface area contributed by atoms with Crippen molar-refractivity contribution in [1.82, 2.24) is 10.2 Å². The molecular weight excluding hydrogens is 308 g/mol. The molecule has 2 aromatic carbocycles. The van der Waals surface area contributed by atoms with Crippen LogP contribution >= 0.6 is 0 Å². The third-order valence-corrected chi connectivity index (χ3v) is 5.82. The maximum atomic E-state index is 13.0. The second-order valence-electron chi connectivity index (χ2n) is 7.33. The molecular formula is C22H26N2O. The van der Waals surface area contributed by atoms with Crippen LogP contribution in [0, 0.1) is 0 Å². The molecule has 2 aromatic rings. The Hall–Kier alpha value is -2.13. The van der Waals surface area contributed by atoms with Crippen molar-refractivity contribution in [2.45, 2.75) is 37.1 Å².